The molecule has 3 rings (SSSR count). The normalized spacial score (nSPS) is 20.5. The molecule has 0 bridgehead atoms. The van der Waals surface area contributed by atoms with E-state index in [9.17, 15) is 9.90 Å². The zero-order valence-corrected chi connectivity index (χ0v) is 14.4. The van der Waals surface area contributed by atoms with Crippen LogP contribution >= 0.6 is 0 Å². The first-order valence-electron chi connectivity index (χ1n) is 8.55. The number of aryl methyl sites for hydroxylation is 2. The van der Waals surface area contributed by atoms with Crippen molar-refractivity contribution in [1.29, 1.82) is 0 Å². The van der Waals surface area contributed by atoms with Crippen molar-refractivity contribution in [1.82, 2.24) is 25.1 Å². The highest BCUT2D eigenvalue weighted by atomic mass is 16.3. The first-order valence-corrected chi connectivity index (χ1v) is 8.55. The number of aromatic nitrogens is 4. The maximum Gasteiger partial charge on any atom is 0.225 e. The second kappa shape index (κ2) is 7.60. The Labute approximate surface area is 146 Å². The number of carbonyl (C=O) groups excluding carboxylic acids is 1. The minimum absolute atomic E-state index is 0.0883. The van der Waals surface area contributed by atoms with Gasteiger partial charge in [-0.3, -0.25) is 9.48 Å². The molecule has 0 unspecified atom stereocenters. The van der Waals surface area contributed by atoms with Gasteiger partial charge in [0.25, 0.3) is 0 Å². The van der Waals surface area contributed by atoms with E-state index < -0.39 is 5.60 Å². The molecule has 2 N–H and O–H groups in total. The van der Waals surface area contributed by atoms with Crippen molar-refractivity contribution in [3.63, 3.8) is 0 Å². The SMILES string of the molecule is Cc1ccn(CCC(=O)NC[C@@]2(O)CCCN(c3ncccn3)C2)n1. The van der Waals surface area contributed by atoms with Crippen LogP contribution in [0.1, 0.15) is 25.0 Å². The van der Waals surface area contributed by atoms with E-state index in [-0.39, 0.29) is 12.5 Å². The molecule has 1 atom stereocenters. The Balaban J connectivity index is 1.48. The number of aliphatic hydroxyl groups is 1. The Morgan fingerprint density at radius 3 is 2.92 bits per heavy atom. The molecule has 0 saturated carbocycles. The molecule has 2 aromatic rings. The predicted molar refractivity (Wildman–Crippen MR) is 93.0 cm³/mol. The number of carbonyl (C=O) groups is 1. The van der Waals surface area contributed by atoms with E-state index in [1.54, 1.807) is 23.1 Å². The van der Waals surface area contributed by atoms with Crippen LogP contribution in [0.25, 0.3) is 0 Å². The molecule has 0 aliphatic carbocycles. The predicted octanol–water partition coefficient (Wildman–Crippen LogP) is 0.519. The Morgan fingerprint density at radius 2 is 2.20 bits per heavy atom. The number of rotatable bonds is 6. The first kappa shape index (κ1) is 17.3. The molecule has 0 aromatic carbocycles. The van der Waals surface area contributed by atoms with Gasteiger partial charge in [-0.05, 0) is 31.9 Å². The highest BCUT2D eigenvalue weighted by molar-refractivity contribution is 5.75. The number of hydrogen-bond acceptors (Lipinski definition) is 6. The largest absolute Gasteiger partial charge is 0.386 e. The fourth-order valence-corrected chi connectivity index (χ4v) is 3.04. The van der Waals surface area contributed by atoms with Crippen LogP contribution in [-0.2, 0) is 11.3 Å². The van der Waals surface area contributed by atoms with Gasteiger partial charge in [0.2, 0.25) is 11.9 Å². The van der Waals surface area contributed by atoms with Crippen molar-refractivity contribution in [2.75, 3.05) is 24.5 Å². The molecule has 1 fully saturated rings. The minimum Gasteiger partial charge on any atom is -0.386 e. The minimum atomic E-state index is -0.963. The van der Waals surface area contributed by atoms with Crippen LogP contribution < -0.4 is 10.2 Å². The molecule has 2 aromatic heterocycles. The monoisotopic (exact) mass is 344 g/mol. The van der Waals surface area contributed by atoms with Crippen LogP contribution in [0.15, 0.2) is 30.7 Å². The summed E-state index contributed by atoms with van der Waals surface area (Å²) >= 11 is 0. The summed E-state index contributed by atoms with van der Waals surface area (Å²) in [5.41, 5.74) is -0.0322. The summed E-state index contributed by atoms with van der Waals surface area (Å²) in [5.74, 6) is 0.524. The zero-order chi connectivity index (χ0) is 17.7. The van der Waals surface area contributed by atoms with Crippen LogP contribution in [0.4, 0.5) is 5.95 Å². The van der Waals surface area contributed by atoms with Gasteiger partial charge in [-0.1, -0.05) is 0 Å². The van der Waals surface area contributed by atoms with E-state index in [1.807, 2.05) is 24.1 Å². The molecule has 1 amide bonds. The molecule has 1 aliphatic rings. The number of nitrogens with one attached hydrogen (secondary N) is 1. The number of β-amino-alcohol motifs (C(OH)–C–C–N with tert-alkyl or cyclic N) is 1. The van der Waals surface area contributed by atoms with E-state index in [4.69, 9.17) is 0 Å². The maximum absolute atomic E-state index is 12.1. The zero-order valence-electron chi connectivity index (χ0n) is 14.4. The van der Waals surface area contributed by atoms with E-state index in [0.29, 0.717) is 31.9 Å². The van der Waals surface area contributed by atoms with Gasteiger partial charge in [-0.15, -0.1) is 0 Å². The lowest BCUT2D eigenvalue weighted by Crippen LogP contribution is -2.54. The number of nitrogens with zero attached hydrogens (tertiary/aromatic N) is 5. The highest BCUT2D eigenvalue weighted by Crippen LogP contribution is 2.23. The summed E-state index contributed by atoms with van der Waals surface area (Å²) in [6.07, 6.45) is 7.05. The lowest BCUT2D eigenvalue weighted by Gasteiger charge is -2.39. The quantitative estimate of drug-likeness (QED) is 0.793. The van der Waals surface area contributed by atoms with Crippen LogP contribution in [0, 0.1) is 6.92 Å². The summed E-state index contributed by atoms with van der Waals surface area (Å²) < 4.78 is 1.75. The topological polar surface area (TPSA) is 96.2 Å². The lowest BCUT2D eigenvalue weighted by molar-refractivity contribution is -0.122. The van der Waals surface area contributed by atoms with Crippen molar-refractivity contribution < 1.29 is 9.90 Å². The summed E-state index contributed by atoms with van der Waals surface area (Å²) in [6.45, 7) is 3.89. The van der Waals surface area contributed by atoms with Crippen molar-refractivity contribution >= 4 is 11.9 Å². The molecular formula is C17H24N6O2. The van der Waals surface area contributed by atoms with E-state index in [0.717, 1.165) is 18.7 Å². The Kier molecular flexibility index (Phi) is 5.28. The molecule has 134 valence electrons. The molecule has 8 heteroatoms. The van der Waals surface area contributed by atoms with Gasteiger partial charge in [-0.25, -0.2) is 9.97 Å². The average Bonchev–Trinajstić information content (AvgIpc) is 3.04. The highest BCUT2D eigenvalue weighted by Gasteiger charge is 2.34. The average molecular weight is 344 g/mol. The molecule has 1 saturated heterocycles. The van der Waals surface area contributed by atoms with Crippen molar-refractivity contribution in [2.24, 2.45) is 0 Å². The van der Waals surface area contributed by atoms with Crippen LogP contribution in [0.5, 0.6) is 0 Å². The van der Waals surface area contributed by atoms with Gasteiger partial charge < -0.3 is 15.3 Å². The lowest BCUT2D eigenvalue weighted by atomic mass is 9.93. The smallest absolute Gasteiger partial charge is 0.225 e. The third-order valence-corrected chi connectivity index (χ3v) is 4.35. The van der Waals surface area contributed by atoms with E-state index in [1.165, 1.54) is 0 Å². The second-order valence-electron chi connectivity index (χ2n) is 6.55. The fraction of sp³-hybridized carbons (Fsp3) is 0.529. The molecule has 0 radical (unpaired) electrons. The van der Waals surface area contributed by atoms with Gasteiger partial charge in [-0.2, -0.15) is 5.10 Å². The third-order valence-electron chi connectivity index (χ3n) is 4.35. The molecular weight excluding hydrogens is 320 g/mol. The summed E-state index contributed by atoms with van der Waals surface area (Å²) in [5, 5.41) is 17.9. The molecule has 0 spiro atoms. The van der Waals surface area contributed by atoms with Gasteiger partial charge in [0.05, 0.1) is 17.8 Å². The van der Waals surface area contributed by atoms with Gasteiger partial charge in [0.1, 0.15) is 0 Å². The van der Waals surface area contributed by atoms with Crippen LogP contribution in [0.3, 0.4) is 0 Å². The fourth-order valence-electron chi connectivity index (χ4n) is 3.04. The summed E-state index contributed by atoms with van der Waals surface area (Å²) in [7, 11) is 0. The summed E-state index contributed by atoms with van der Waals surface area (Å²) in [4.78, 5) is 22.5. The number of hydrogen-bond donors (Lipinski definition) is 2. The van der Waals surface area contributed by atoms with E-state index >= 15 is 0 Å². The molecule has 8 nitrogen and oxygen atoms in total. The number of amides is 1. The Bertz CT molecular complexity index is 704. The van der Waals surface area contributed by atoms with Crippen LogP contribution in [-0.4, -0.2) is 56.0 Å². The van der Waals surface area contributed by atoms with Gasteiger partial charge in [0.15, 0.2) is 0 Å². The number of anilines is 1. The maximum atomic E-state index is 12.1. The van der Waals surface area contributed by atoms with Gasteiger partial charge in [0, 0.05) is 44.6 Å². The number of piperidine rings is 1. The van der Waals surface area contributed by atoms with Crippen LogP contribution in [0.2, 0.25) is 0 Å². The van der Waals surface area contributed by atoms with Crippen molar-refractivity contribution in [2.45, 2.75) is 38.3 Å². The van der Waals surface area contributed by atoms with Gasteiger partial charge >= 0.3 is 0 Å². The molecule has 3 heterocycles. The first-order chi connectivity index (χ1) is 12.0. The Hall–Kier alpha value is -2.48. The summed E-state index contributed by atoms with van der Waals surface area (Å²) in [6, 6.07) is 3.67. The Morgan fingerprint density at radius 1 is 1.40 bits per heavy atom. The molecule has 25 heavy (non-hydrogen) atoms. The standard InChI is InChI=1S/C17H24N6O2/c1-14-4-10-23(21-14)11-5-15(24)20-12-17(25)6-2-9-22(13-17)16-18-7-3-8-19-16/h3-4,7-8,10,25H,2,5-6,9,11-13H2,1H3,(H,20,24)/t17-/m0/s1. The second-order valence-corrected chi connectivity index (χ2v) is 6.55. The van der Waals surface area contributed by atoms with Crippen molar-refractivity contribution in [3.05, 3.63) is 36.4 Å². The molecule has 1 aliphatic heterocycles. The van der Waals surface area contributed by atoms with Crippen molar-refractivity contribution in [3.8, 4) is 0 Å². The van der Waals surface area contributed by atoms with E-state index in [2.05, 4.69) is 20.4 Å². The third kappa shape index (κ3) is 4.76.